The lowest BCUT2D eigenvalue weighted by molar-refractivity contribution is -0.141. The van der Waals surface area contributed by atoms with Crippen molar-refractivity contribution in [3.8, 4) is 0 Å². The van der Waals surface area contributed by atoms with Gasteiger partial charge >= 0.3 is 6.03 Å². The molecule has 4 fully saturated rings. The van der Waals surface area contributed by atoms with Crippen LogP contribution in [-0.2, 0) is 9.59 Å². The van der Waals surface area contributed by atoms with E-state index in [9.17, 15) is 14.4 Å². The minimum Gasteiger partial charge on any atom is -0.341 e. The molecule has 0 aromatic rings. The topological polar surface area (TPSA) is 69.7 Å². The molecule has 1 N–H and O–H groups in total. The molecule has 4 amide bonds. The number of imide groups is 1. The predicted octanol–water partition coefficient (Wildman–Crippen LogP) is 2.67. The molecule has 0 aromatic heterocycles. The van der Waals surface area contributed by atoms with Gasteiger partial charge in [-0.05, 0) is 37.5 Å². The molecule has 2 atom stereocenters. The average molecular weight is 361 g/mol. The fourth-order valence-corrected chi connectivity index (χ4v) is 5.55. The van der Waals surface area contributed by atoms with E-state index >= 15 is 0 Å². The van der Waals surface area contributed by atoms with E-state index in [1.165, 1.54) is 30.6 Å². The number of carbonyl (C=O) groups is 3. The molecular weight excluding hydrogens is 330 g/mol. The van der Waals surface area contributed by atoms with Gasteiger partial charge in [-0.25, -0.2) is 4.79 Å². The minimum absolute atomic E-state index is 0.0665. The van der Waals surface area contributed by atoms with Crippen molar-refractivity contribution in [2.75, 3.05) is 19.6 Å². The van der Waals surface area contributed by atoms with Crippen LogP contribution < -0.4 is 5.32 Å². The zero-order valence-corrected chi connectivity index (χ0v) is 15.7. The number of nitrogens with zero attached hydrogens (tertiary/aromatic N) is 2. The summed E-state index contributed by atoms with van der Waals surface area (Å²) in [5, 5.41) is 2.93. The highest BCUT2D eigenvalue weighted by molar-refractivity contribution is 6.09. The van der Waals surface area contributed by atoms with E-state index in [0.717, 1.165) is 51.1 Å². The van der Waals surface area contributed by atoms with E-state index in [1.54, 1.807) is 0 Å². The van der Waals surface area contributed by atoms with Crippen LogP contribution in [0.3, 0.4) is 0 Å². The number of likely N-dealkylation sites (tertiary alicyclic amines) is 1. The van der Waals surface area contributed by atoms with E-state index in [0.29, 0.717) is 18.8 Å². The van der Waals surface area contributed by atoms with Crippen LogP contribution >= 0.6 is 0 Å². The molecule has 4 aliphatic rings. The van der Waals surface area contributed by atoms with Crippen LogP contribution in [0.2, 0.25) is 0 Å². The van der Waals surface area contributed by atoms with Crippen molar-refractivity contribution < 1.29 is 14.4 Å². The summed E-state index contributed by atoms with van der Waals surface area (Å²) in [6, 6.07) is -0.377. The van der Waals surface area contributed by atoms with Gasteiger partial charge in [-0.1, -0.05) is 44.9 Å². The van der Waals surface area contributed by atoms with Gasteiger partial charge in [0.15, 0.2) is 0 Å². The summed E-state index contributed by atoms with van der Waals surface area (Å²) in [6.07, 6.45) is 11.7. The molecule has 6 nitrogen and oxygen atoms in total. The van der Waals surface area contributed by atoms with Crippen LogP contribution in [-0.4, -0.2) is 52.8 Å². The largest absolute Gasteiger partial charge is 0.341 e. The minimum atomic E-state index is -0.746. The molecule has 0 aromatic carbocycles. The Bertz CT molecular complexity index is 583. The van der Waals surface area contributed by atoms with Crippen LogP contribution in [0.15, 0.2) is 0 Å². The van der Waals surface area contributed by atoms with Crippen molar-refractivity contribution in [1.82, 2.24) is 15.1 Å². The maximum atomic E-state index is 13.0. The van der Waals surface area contributed by atoms with E-state index < -0.39 is 5.54 Å². The predicted molar refractivity (Wildman–Crippen MR) is 97.3 cm³/mol. The zero-order valence-electron chi connectivity index (χ0n) is 15.7. The molecule has 0 radical (unpaired) electrons. The van der Waals surface area contributed by atoms with E-state index in [-0.39, 0.29) is 24.4 Å². The highest BCUT2D eigenvalue weighted by Crippen LogP contribution is 2.36. The molecule has 2 heterocycles. The monoisotopic (exact) mass is 361 g/mol. The van der Waals surface area contributed by atoms with Gasteiger partial charge in [-0.2, -0.15) is 0 Å². The van der Waals surface area contributed by atoms with Crippen molar-refractivity contribution in [3.05, 3.63) is 0 Å². The van der Waals surface area contributed by atoms with Crippen molar-refractivity contribution in [2.24, 2.45) is 11.8 Å². The summed E-state index contributed by atoms with van der Waals surface area (Å²) >= 11 is 0. The number of nitrogens with one attached hydrogen (secondary N) is 1. The molecule has 2 saturated carbocycles. The smallest absolute Gasteiger partial charge is 0.325 e. The molecule has 0 unspecified atom stereocenters. The Labute approximate surface area is 155 Å². The number of hydrogen-bond acceptors (Lipinski definition) is 3. The van der Waals surface area contributed by atoms with Crippen LogP contribution in [0.25, 0.3) is 0 Å². The molecule has 6 heteroatoms. The van der Waals surface area contributed by atoms with Crippen molar-refractivity contribution >= 4 is 17.8 Å². The molecular formula is C20H31N3O3. The molecule has 2 saturated heterocycles. The number of hydrogen-bond donors (Lipinski definition) is 1. The van der Waals surface area contributed by atoms with Gasteiger partial charge in [0.2, 0.25) is 5.91 Å². The lowest BCUT2D eigenvalue weighted by atomic mass is 9.75. The normalized spacial score (nSPS) is 31.5. The summed E-state index contributed by atoms with van der Waals surface area (Å²) in [7, 11) is 0. The summed E-state index contributed by atoms with van der Waals surface area (Å²) in [4.78, 5) is 41.3. The maximum Gasteiger partial charge on any atom is 0.325 e. The van der Waals surface area contributed by atoms with Gasteiger partial charge < -0.3 is 10.2 Å². The number of fused-ring (bicyclic) bond motifs is 1. The first-order valence-corrected chi connectivity index (χ1v) is 10.5. The maximum absolute atomic E-state index is 13.0. The standard InChI is InChI=1S/C20H31N3O3/c24-17(22-12-9-15-7-3-4-8-16(15)13-22)14-23-18(25)20(21-19(23)26)10-5-1-2-6-11-20/h15-16H,1-14H2,(H,21,26)/t15-,16+/m1/s1. The summed E-state index contributed by atoms with van der Waals surface area (Å²) in [5.74, 6) is 1.13. The molecule has 2 aliphatic heterocycles. The van der Waals surface area contributed by atoms with Crippen molar-refractivity contribution in [2.45, 2.75) is 76.2 Å². The van der Waals surface area contributed by atoms with E-state index in [1.807, 2.05) is 4.90 Å². The SMILES string of the molecule is O=C(CN1C(=O)NC2(CCCCCC2)C1=O)N1CC[C@H]2CCCC[C@H]2C1. The fraction of sp³-hybridized carbons (Fsp3) is 0.850. The third kappa shape index (κ3) is 3.23. The van der Waals surface area contributed by atoms with Crippen LogP contribution in [0.5, 0.6) is 0 Å². The second-order valence-corrected chi connectivity index (χ2v) is 8.75. The fourth-order valence-electron chi connectivity index (χ4n) is 5.55. The molecule has 26 heavy (non-hydrogen) atoms. The Balaban J connectivity index is 1.39. The van der Waals surface area contributed by atoms with Crippen molar-refractivity contribution in [1.29, 1.82) is 0 Å². The van der Waals surface area contributed by atoms with Gasteiger partial charge in [0.25, 0.3) is 5.91 Å². The molecule has 4 rings (SSSR count). The van der Waals surface area contributed by atoms with Gasteiger partial charge in [0, 0.05) is 13.1 Å². The van der Waals surface area contributed by atoms with E-state index in [4.69, 9.17) is 0 Å². The molecule has 0 bridgehead atoms. The molecule has 2 aliphatic carbocycles. The van der Waals surface area contributed by atoms with Crippen molar-refractivity contribution in [3.63, 3.8) is 0 Å². The van der Waals surface area contributed by atoms with E-state index in [2.05, 4.69) is 5.32 Å². The number of piperidine rings is 1. The second-order valence-electron chi connectivity index (χ2n) is 8.75. The average Bonchev–Trinajstić information content (AvgIpc) is 2.83. The zero-order chi connectivity index (χ0) is 18.1. The van der Waals surface area contributed by atoms with Crippen LogP contribution in [0, 0.1) is 11.8 Å². The summed E-state index contributed by atoms with van der Waals surface area (Å²) in [6.45, 7) is 1.48. The Morgan fingerprint density at radius 3 is 2.38 bits per heavy atom. The number of amides is 4. The van der Waals surface area contributed by atoms with Gasteiger partial charge in [0.1, 0.15) is 12.1 Å². The number of rotatable bonds is 2. The Morgan fingerprint density at radius 2 is 1.65 bits per heavy atom. The number of urea groups is 1. The second kappa shape index (κ2) is 7.20. The van der Waals surface area contributed by atoms with Gasteiger partial charge in [-0.3, -0.25) is 14.5 Å². The first-order valence-electron chi connectivity index (χ1n) is 10.5. The highest BCUT2D eigenvalue weighted by atomic mass is 16.2. The van der Waals surface area contributed by atoms with Crippen LogP contribution in [0.1, 0.15) is 70.6 Å². The third-order valence-corrected chi connectivity index (χ3v) is 7.14. The number of carbonyl (C=O) groups excluding carboxylic acids is 3. The lowest BCUT2D eigenvalue weighted by Crippen LogP contribution is -2.50. The summed E-state index contributed by atoms with van der Waals surface area (Å²) in [5.41, 5.74) is -0.746. The Kier molecular flexibility index (Phi) is 4.93. The third-order valence-electron chi connectivity index (χ3n) is 7.14. The van der Waals surface area contributed by atoms with Gasteiger partial charge in [-0.15, -0.1) is 0 Å². The Hall–Kier alpha value is -1.59. The molecule has 1 spiro atoms. The van der Waals surface area contributed by atoms with Crippen LogP contribution in [0.4, 0.5) is 4.79 Å². The molecule has 144 valence electrons. The van der Waals surface area contributed by atoms with Gasteiger partial charge in [0.05, 0.1) is 0 Å². The first kappa shape index (κ1) is 17.8. The Morgan fingerprint density at radius 1 is 0.962 bits per heavy atom. The lowest BCUT2D eigenvalue weighted by Gasteiger charge is -2.41. The summed E-state index contributed by atoms with van der Waals surface area (Å²) < 4.78 is 0. The first-order chi connectivity index (χ1) is 12.6. The quantitative estimate of drug-likeness (QED) is 0.769. The highest BCUT2D eigenvalue weighted by Gasteiger charge is 2.51.